The van der Waals surface area contributed by atoms with Gasteiger partial charge < -0.3 is 5.32 Å². The fourth-order valence-electron chi connectivity index (χ4n) is 1.65. The molecule has 2 amide bonds. The van der Waals surface area contributed by atoms with Crippen LogP contribution in [-0.4, -0.2) is 31.2 Å². The van der Waals surface area contributed by atoms with Gasteiger partial charge in [-0.3, -0.25) is 19.3 Å². The lowest BCUT2D eigenvalue weighted by molar-refractivity contribution is -0.121. The fraction of sp³-hybridized carbons (Fsp3) is 0.182. The first-order valence-corrected chi connectivity index (χ1v) is 5.70. The second kappa shape index (κ2) is 4.29. The molecule has 0 bridgehead atoms. The van der Waals surface area contributed by atoms with Gasteiger partial charge in [0.1, 0.15) is 6.54 Å². The summed E-state index contributed by atoms with van der Waals surface area (Å²) in [7, 11) is 1.48. The minimum absolute atomic E-state index is 0.143. The number of halogens is 1. The van der Waals surface area contributed by atoms with Crippen LogP contribution >= 0.6 is 15.9 Å². The largest absolute Gasteiger partial charge is 0.358 e. The van der Waals surface area contributed by atoms with Gasteiger partial charge in [0.2, 0.25) is 5.91 Å². The van der Waals surface area contributed by atoms with Gasteiger partial charge in [-0.15, -0.1) is 0 Å². The summed E-state index contributed by atoms with van der Waals surface area (Å²) in [5, 5.41) is 2.42. The van der Waals surface area contributed by atoms with Gasteiger partial charge in [-0.2, -0.15) is 0 Å². The molecule has 1 heterocycles. The molecule has 1 aliphatic heterocycles. The van der Waals surface area contributed by atoms with Crippen LogP contribution in [0.1, 0.15) is 10.4 Å². The van der Waals surface area contributed by atoms with Gasteiger partial charge in [-0.25, -0.2) is 0 Å². The molecule has 0 unspecified atom stereocenters. The summed E-state index contributed by atoms with van der Waals surface area (Å²) in [6.07, 6.45) is 0. The SMILES string of the molecule is CNC(=O)CN1C(=O)C(=O)c2cc(Br)ccc21. The van der Waals surface area contributed by atoms with E-state index in [-0.39, 0.29) is 12.5 Å². The van der Waals surface area contributed by atoms with Crippen molar-refractivity contribution in [1.29, 1.82) is 0 Å². The number of rotatable bonds is 2. The Labute approximate surface area is 106 Å². The molecule has 1 aromatic carbocycles. The summed E-state index contributed by atoms with van der Waals surface area (Å²) in [6, 6.07) is 4.95. The lowest BCUT2D eigenvalue weighted by Gasteiger charge is -2.14. The molecule has 0 aliphatic carbocycles. The highest BCUT2D eigenvalue weighted by atomic mass is 79.9. The smallest absolute Gasteiger partial charge is 0.299 e. The predicted octanol–water partition coefficient (Wildman–Crippen LogP) is 0.724. The molecule has 0 aromatic heterocycles. The first-order valence-electron chi connectivity index (χ1n) is 4.91. The van der Waals surface area contributed by atoms with Crippen LogP contribution in [0, 0.1) is 0 Å². The van der Waals surface area contributed by atoms with Gasteiger partial charge in [-0.05, 0) is 18.2 Å². The molecule has 1 N–H and O–H groups in total. The molecule has 0 fully saturated rings. The Morgan fingerprint density at radius 1 is 1.41 bits per heavy atom. The van der Waals surface area contributed by atoms with Crippen molar-refractivity contribution in [1.82, 2.24) is 5.32 Å². The molecule has 0 saturated carbocycles. The Kier molecular flexibility index (Phi) is 2.97. The highest BCUT2D eigenvalue weighted by Gasteiger charge is 2.36. The zero-order chi connectivity index (χ0) is 12.6. The molecule has 5 nitrogen and oxygen atoms in total. The summed E-state index contributed by atoms with van der Waals surface area (Å²) in [5.74, 6) is -1.56. The van der Waals surface area contributed by atoms with Crippen molar-refractivity contribution in [3.63, 3.8) is 0 Å². The maximum atomic E-state index is 11.7. The number of Topliss-reactive ketones (excluding diaryl/α,β-unsaturated/α-hetero) is 1. The van der Waals surface area contributed by atoms with E-state index >= 15 is 0 Å². The van der Waals surface area contributed by atoms with Crippen molar-refractivity contribution in [2.75, 3.05) is 18.5 Å². The van der Waals surface area contributed by atoms with Crippen molar-refractivity contribution < 1.29 is 14.4 Å². The standard InChI is InChI=1S/C11H9BrN2O3/c1-13-9(15)5-14-8-3-2-6(12)4-7(8)10(16)11(14)17/h2-4H,5H2,1H3,(H,13,15). The zero-order valence-electron chi connectivity index (χ0n) is 8.99. The fourth-order valence-corrected chi connectivity index (χ4v) is 2.01. The molecule has 6 heteroatoms. The van der Waals surface area contributed by atoms with Gasteiger partial charge in [0.15, 0.2) is 0 Å². The molecule has 0 radical (unpaired) electrons. The minimum Gasteiger partial charge on any atom is -0.358 e. The Bertz CT molecular complexity index is 527. The molecule has 1 aromatic rings. The van der Waals surface area contributed by atoms with Crippen LogP contribution in [0.2, 0.25) is 0 Å². The first kappa shape index (κ1) is 11.8. The lowest BCUT2D eigenvalue weighted by Crippen LogP contribution is -2.38. The van der Waals surface area contributed by atoms with Crippen LogP contribution in [0.3, 0.4) is 0 Å². The average Bonchev–Trinajstić information content (AvgIpc) is 2.54. The third-order valence-corrected chi connectivity index (χ3v) is 3.01. The normalized spacial score (nSPS) is 13.9. The quantitative estimate of drug-likeness (QED) is 0.818. The van der Waals surface area contributed by atoms with E-state index in [2.05, 4.69) is 21.2 Å². The number of hydrogen-bond donors (Lipinski definition) is 1. The van der Waals surface area contributed by atoms with E-state index in [9.17, 15) is 14.4 Å². The number of likely N-dealkylation sites (N-methyl/N-ethyl adjacent to an activating group) is 1. The number of anilines is 1. The number of benzene rings is 1. The van der Waals surface area contributed by atoms with Gasteiger partial charge >= 0.3 is 0 Å². The zero-order valence-corrected chi connectivity index (χ0v) is 10.6. The second-order valence-corrected chi connectivity index (χ2v) is 4.47. The van der Waals surface area contributed by atoms with E-state index in [1.165, 1.54) is 11.9 Å². The molecule has 0 saturated heterocycles. The maximum absolute atomic E-state index is 11.7. The molecule has 0 spiro atoms. The lowest BCUT2D eigenvalue weighted by atomic mass is 10.1. The highest BCUT2D eigenvalue weighted by Crippen LogP contribution is 2.30. The van der Waals surface area contributed by atoms with Crippen LogP contribution in [0.5, 0.6) is 0 Å². The highest BCUT2D eigenvalue weighted by molar-refractivity contribution is 9.10. The van der Waals surface area contributed by atoms with E-state index in [0.717, 1.165) is 4.47 Å². The van der Waals surface area contributed by atoms with E-state index in [4.69, 9.17) is 0 Å². The van der Waals surface area contributed by atoms with Crippen LogP contribution in [0.25, 0.3) is 0 Å². The van der Waals surface area contributed by atoms with Crippen molar-refractivity contribution in [2.45, 2.75) is 0 Å². The number of carbonyl (C=O) groups is 3. The number of nitrogens with one attached hydrogen (secondary N) is 1. The van der Waals surface area contributed by atoms with Gasteiger partial charge in [-0.1, -0.05) is 15.9 Å². The van der Waals surface area contributed by atoms with E-state index in [1.807, 2.05) is 0 Å². The molecule has 2 rings (SSSR count). The first-order chi connectivity index (χ1) is 8.04. The van der Waals surface area contributed by atoms with Crippen LogP contribution < -0.4 is 10.2 Å². The van der Waals surface area contributed by atoms with Crippen molar-refractivity contribution >= 4 is 39.2 Å². The summed E-state index contributed by atoms with van der Waals surface area (Å²) in [6.45, 7) is -0.143. The minimum atomic E-state index is -0.665. The van der Waals surface area contributed by atoms with Crippen molar-refractivity contribution in [2.24, 2.45) is 0 Å². The Balaban J connectivity index is 2.41. The molecular weight excluding hydrogens is 288 g/mol. The summed E-state index contributed by atoms with van der Waals surface area (Å²) in [5.41, 5.74) is 0.806. The molecule has 1 aliphatic rings. The average molecular weight is 297 g/mol. The summed E-state index contributed by atoms with van der Waals surface area (Å²) < 4.78 is 0.721. The van der Waals surface area contributed by atoms with Crippen LogP contribution in [0.4, 0.5) is 5.69 Å². The van der Waals surface area contributed by atoms with E-state index in [0.29, 0.717) is 11.3 Å². The van der Waals surface area contributed by atoms with Gasteiger partial charge in [0.05, 0.1) is 11.3 Å². The number of carbonyl (C=O) groups excluding carboxylic acids is 3. The Hall–Kier alpha value is -1.69. The van der Waals surface area contributed by atoms with Gasteiger partial charge in [0, 0.05) is 11.5 Å². The van der Waals surface area contributed by atoms with E-state index in [1.54, 1.807) is 18.2 Å². The summed E-state index contributed by atoms with van der Waals surface area (Å²) in [4.78, 5) is 35.8. The number of ketones is 1. The Morgan fingerprint density at radius 2 is 2.12 bits per heavy atom. The van der Waals surface area contributed by atoms with Crippen molar-refractivity contribution in [3.8, 4) is 0 Å². The predicted molar refractivity (Wildman–Crippen MR) is 64.9 cm³/mol. The van der Waals surface area contributed by atoms with Crippen LogP contribution in [0.15, 0.2) is 22.7 Å². The third-order valence-electron chi connectivity index (χ3n) is 2.51. The molecule has 0 atom stereocenters. The maximum Gasteiger partial charge on any atom is 0.299 e. The molecular formula is C11H9BrN2O3. The second-order valence-electron chi connectivity index (χ2n) is 3.56. The topological polar surface area (TPSA) is 66.5 Å². The van der Waals surface area contributed by atoms with Crippen LogP contribution in [-0.2, 0) is 9.59 Å². The number of fused-ring (bicyclic) bond motifs is 1. The molecule has 88 valence electrons. The number of amides is 2. The van der Waals surface area contributed by atoms with E-state index < -0.39 is 11.7 Å². The number of nitrogens with zero attached hydrogens (tertiary/aromatic N) is 1. The van der Waals surface area contributed by atoms with Crippen molar-refractivity contribution in [3.05, 3.63) is 28.2 Å². The third kappa shape index (κ3) is 1.95. The number of hydrogen-bond acceptors (Lipinski definition) is 3. The Morgan fingerprint density at radius 3 is 2.76 bits per heavy atom. The molecule has 17 heavy (non-hydrogen) atoms. The summed E-state index contributed by atoms with van der Waals surface area (Å²) >= 11 is 3.24. The van der Waals surface area contributed by atoms with Gasteiger partial charge in [0.25, 0.3) is 11.7 Å². The monoisotopic (exact) mass is 296 g/mol.